The van der Waals surface area contributed by atoms with Gasteiger partial charge in [-0.25, -0.2) is 4.98 Å². The molecule has 3 aromatic rings. The van der Waals surface area contributed by atoms with Gasteiger partial charge < -0.3 is 34.4 Å². The second-order valence-corrected chi connectivity index (χ2v) is 9.36. The topological polar surface area (TPSA) is 124 Å². The van der Waals surface area contributed by atoms with E-state index in [-0.39, 0.29) is 31.0 Å². The molecule has 0 radical (unpaired) electrons. The molecule has 1 aliphatic carbocycles. The van der Waals surface area contributed by atoms with Crippen LogP contribution in [0, 0.1) is 0 Å². The minimum absolute atomic E-state index is 0.0117. The molecule has 5 atom stereocenters. The van der Waals surface area contributed by atoms with Crippen molar-refractivity contribution in [2.24, 2.45) is 0 Å². The Bertz CT molecular complexity index is 1270. The number of halogens is 1. The summed E-state index contributed by atoms with van der Waals surface area (Å²) in [6.07, 6.45) is 5.99. The van der Waals surface area contributed by atoms with Gasteiger partial charge in [0.2, 0.25) is 0 Å². The molecule has 2 aliphatic heterocycles. The Hall–Kier alpha value is -2.76. The van der Waals surface area contributed by atoms with Crippen LogP contribution in [0.1, 0.15) is 29.3 Å². The molecule has 0 saturated carbocycles. The third-order valence-corrected chi connectivity index (χ3v) is 6.88. The highest BCUT2D eigenvalue weighted by Crippen LogP contribution is 2.36. The van der Waals surface area contributed by atoms with E-state index in [9.17, 15) is 5.11 Å². The number of H-pyrrole nitrogens is 1. The van der Waals surface area contributed by atoms with Gasteiger partial charge in [-0.1, -0.05) is 23.8 Å². The summed E-state index contributed by atoms with van der Waals surface area (Å²) in [5, 5.41) is 13.8. The molecule has 3 aromatic heterocycles. The second kappa shape index (κ2) is 9.36. The number of aliphatic hydroxyl groups is 1. The molecular weight excluding hydrogens is 474 g/mol. The van der Waals surface area contributed by atoms with Crippen LogP contribution in [0.5, 0.6) is 6.01 Å². The SMILES string of the molecule is COC/C=C/c1cnc2c(c1)CCC2Nc1nc2nc(O[C@@H]3COC4[C@H](O)CO[C@@H]43)[nH]c2cc1Cl. The molecule has 0 bridgehead atoms. The number of aromatic nitrogens is 4. The number of nitrogens with zero attached hydrogens (tertiary/aromatic N) is 3. The maximum absolute atomic E-state index is 9.92. The van der Waals surface area contributed by atoms with E-state index in [2.05, 4.69) is 26.3 Å². The van der Waals surface area contributed by atoms with Crippen LogP contribution >= 0.6 is 11.6 Å². The van der Waals surface area contributed by atoms with Crippen LogP contribution in [0.3, 0.4) is 0 Å². The first-order valence-corrected chi connectivity index (χ1v) is 12.0. The predicted octanol–water partition coefficient (Wildman–Crippen LogP) is 2.67. The minimum Gasteiger partial charge on any atom is -0.456 e. The van der Waals surface area contributed by atoms with Crippen molar-refractivity contribution in [1.29, 1.82) is 0 Å². The predicted molar refractivity (Wildman–Crippen MR) is 129 cm³/mol. The van der Waals surface area contributed by atoms with Gasteiger partial charge in [-0.2, -0.15) is 4.98 Å². The third kappa shape index (κ3) is 4.36. The van der Waals surface area contributed by atoms with Gasteiger partial charge >= 0.3 is 0 Å². The Morgan fingerprint density at radius 2 is 2.14 bits per heavy atom. The summed E-state index contributed by atoms with van der Waals surface area (Å²) in [4.78, 5) is 16.9. The second-order valence-electron chi connectivity index (χ2n) is 8.96. The molecule has 0 amide bonds. The highest BCUT2D eigenvalue weighted by Gasteiger charge is 2.48. The van der Waals surface area contributed by atoms with E-state index in [0.29, 0.717) is 41.2 Å². The lowest BCUT2D eigenvalue weighted by molar-refractivity contribution is 0.00706. The maximum Gasteiger partial charge on any atom is 0.296 e. The number of aromatic amines is 1. The number of rotatable bonds is 7. The molecule has 184 valence electrons. The molecule has 10 nitrogen and oxygen atoms in total. The summed E-state index contributed by atoms with van der Waals surface area (Å²) < 4.78 is 22.3. The fraction of sp³-hybridized carbons (Fsp3) is 0.458. The average Bonchev–Trinajstić information content (AvgIpc) is 3.61. The van der Waals surface area contributed by atoms with Crippen molar-refractivity contribution >= 4 is 34.7 Å². The Balaban J connectivity index is 1.17. The number of ether oxygens (including phenoxy) is 4. The van der Waals surface area contributed by atoms with Crippen LogP contribution in [0.25, 0.3) is 17.2 Å². The fourth-order valence-corrected chi connectivity index (χ4v) is 5.11. The maximum atomic E-state index is 9.92. The van der Waals surface area contributed by atoms with E-state index < -0.39 is 6.10 Å². The zero-order valence-corrected chi connectivity index (χ0v) is 19.9. The van der Waals surface area contributed by atoms with Crippen molar-refractivity contribution in [2.75, 3.05) is 32.2 Å². The van der Waals surface area contributed by atoms with Crippen molar-refractivity contribution in [2.45, 2.75) is 43.3 Å². The van der Waals surface area contributed by atoms with Gasteiger partial charge in [0.25, 0.3) is 6.01 Å². The van der Waals surface area contributed by atoms with Crippen LogP contribution in [0.15, 0.2) is 24.4 Å². The first-order chi connectivity index (χ1) is 17.1. The molecule has 2 unspecified atom stereocenters. The van der Waals surface area contributed by atoms with Gasteiger partial charge in [-0.05, 0) is 36.1 Å². The number of nitrogens with one attached hydrogen (secondary N) is 2. The summed E-state index contributed by atoms with van der Waals surface area (Å²) in [5.41, 5.74) is 4.42. The molecular formula is C24H26ClN5O5. The number of hydrogen-bond acceptors (Lipinski definition) is 9. The Kier molecular flexibility index (Phi) is 6.07. The minimum atomic E-state index is -0.632. The first-order valence-electron chi connectivity index (χ1n) is 11.6. The summed E-state index contributed by atoms with van der Waals surface area (Å²) in [7, 11) is 1.67. The van der Waals surface area contributed by atoms with Crippen molar-refractivity contribution in [3.8, 4) is 6.01 Å². The van der Waals surface area contributed by atoms with E-state index in [0.717, 1.165) is 24.1 Å². The van der Waals surface area contributed by atoms with Crippen molar-refractivity contribution in [1.82, 2.24) is 19.9 Å². The molecule has 35 heavy (non-hydrogen) atoms. The van der Waals surface area contributed by atoms with Gasteiger partial charge in [-0.15, -0.1) is 0 Å². The van der Waals surface area contributed by atoms with Gasteiger partial charge in [-0.3, -0.25) is 4.98 Å². The highest BCUT2D eigenvalue weighted by atomic mass is 35.5. The van der Waals surface area contributed by atoms with Crippen LogP contribution in [0.4, 0.5) is 5.82 Å². The van der Waals surface area contributed by atoms with Gasteiger partial charge in [0.05, 0.1) is 42.1 Å². The summed E-state index contributed by atoms with van der Waals surface area (Å²) in [6, 6.07) is 4.26. The van der Waals surface area contributed by atoms with E-state index in [1.807, 2.05) is 18.3 Å². The molecule has 3 aliphatic rings. The molecule has 11 heteroatoms. The van der Waals surface area contributed by atoms with Crippen molar-refractivity contribution in [3.63, 3.8) is 0 Å². The molecule has 0 spiro atoms. The number of hydrogen-bond donors (Lipinski definition) is 3. The van der Waals surface area contributed by atoms with Crippen LogP contribution < -0.4 is 10.1 Å². The normalized spacial score (nSPS) is 27.6. The Morgan fingerprint density at radius 1 is 1.26 bits per heavy atom. The van der Waals surface area contributed by atoms with Crippen LogP contribution in [-0.4, -0.2) is 76.4 Å². The zero-order chi connectivity index (χ0) is 23.9. The zero-order valence-electron chi connectivity index (χ0n) is 19.1. The molecule has 2 fully saturated rings. The lowest BCUT2D eigenvalue weighted by Gasteiger charge is -2.15. The number of methoxy groups -OCH3 is 1. The third-order valence-electron chi connectivity index (χ3n) is 6.59. The number of fused-ring (bicyclic) bond motifs is 3. The largest absolute Gasteiger partial charge is 0.456 e. The van der Waals surface area contributed by atoms with Gasteiger partial charge in [0.15, 0.2) is 11.8 Å². The molecule has 0 aromatic carbocycles. The van der Waals surface area contributed by atoms with E-state index in [1.165, 1.54) is 5.56 Å². The Labute approximate surface area is 206 Å². The molecule has 2 saturated heterocycles. The first kappa shape index (κ1) is 22.7. The van der Waals surface area contributed by atoms with Crippen LogP contribution in [-0.2, 0) is 20.6 Å². The van der Waals surface area contributed by atoms with Gasteiger partial charge in [0.1, 0.15) is 24.1 Å². The summed E-state index contributed by atoms with van der Waals surface area (Å²) in [5.74, 6) is 0.549. The average molecular weight is 500 g/mol. The number of aryl methyl sites for hydroxylation is 1. The summed E-state index contributed by atoms with van der Waals surface area (Å²) in [6.45, 7) is 1.13. The standard InChI is InChI=1S/C24H26ClN5O5/c1-32-6-2-3-12-7-13-4-5-15(19(13)26-9-12)27-22-14(25)8-16-23(29-22)30-24(28-16)35-18-11-34-20-17(31)10-33-21(18)20/h2-3,7-9,15,17-18,20-21,31H,4-6,10-11H2,1H3,(H2,27,28,29,30)/b3-2+/t15?,17-,18-,20?,21-/m1/s1. The van der Waals surface area contributed by atoms with Gasteiger partial charge in [0, 0.05) is 13.3 Å². The van der Waals surface area contributed by atoms with Crippen molar-refractivity contribution < 1.29 is 24.1 Å². The number of pyridine rings is 2. The number of anilines is 1. The quantitative estimate of drug-likeness (QED) is 0.450. The fourth-order valence-electron chi connectivity index (χ4n) is 4.91. The lowest BCUT2D eigenvalue weighted by Crippen LogP contribution is -2.34. The van der Waals surface area contributed by atoms with E-state index >= 15 is 0 Å². The Morgan fingerprint density at radius 3 is 3.03 bits per heavy atom. The lowest BCUT2D eigenvalue weighted by atomic mass is 10.1. The summed E-state index contributed by atoms with van der Waals surface area (Å²) >= 11 is 6.55. The van der Waals surface area contributed by atoms with Crippen LogP contribution in [0.2, 0.25) is 5.02 Å². The van der Waals surface area contributed by atoms with E-state index in [4.69, 9.17) is 35.5 Å². The molecule has 6 rings (SSSR count). The monoisotopic (exact) mass is 499 g/mol. The van der Waals surface area contributed by atoms with Crippen molar-refractivity contribution in [3.05, 3.63) is 46.2 Å². The smallest absolute Gasteiger partial charge is 0.296 e. The van der Waals surface area contributed by atoms with E-state index in [1.54, 1.807) is 13.2 Å². The number of imidazole rings is 1. The highest BCUT2D eigenvalue weighted by molar-refractivity contribution is 6.33. The number of aliphatic hydroxyl groups excluding tert-OH is 1. The molecule has 5 heterocycles. The molecule has 3 N–H and O–H groups in total.